The summed E-state index contributed by atoms with van der Waals surface area (Å²) in [5, 5.41) is 2.77. The Kier molecular flexibility index (Phi) is 7.18. The molecule has 0 fully saturated rings. The van der Waals surface area contributed by atoms with Crippen LogP contribution in [0.2, 0.25) is 0 Å². The van der Waals surface area contributed by atoms with Gasteiger partial charge in [0.2, 0.25) is 0 Å². The number of benzene rings is 3. The average molecular weight is 539 g/mol. The monoisotopic (exact) mass is 538 g/mol. The van der Waals surface area contributed by atoms with Gasteiger partial charge in [-0.1, -0.05) is 24.3 Å². The van der Waals surface area contributed by atoms with Gasteiger partial charge in [0.05, 0.1) is 26.5 Å². The molecule has 2 heterocycles. The number of methoxy groups -OCH3 is 2. The number of anilines is 1. The standard InChI is InChI=1S/C28H30N2O7S/c1-4-36-28(31)29-23-14-19-12-13-30-17-22-18(15-24(30)21(19)16-26(23)35-3)10-11-25(34-2)27(22)37-38(32,33)20-8-6-5-7-9-20/h5-11,14,16,24H,4,12-13,15,17H2,1-3H3,(H,29,31). The van der Waals surface area contributed by atoms with Crippen LogP contribution in [0.5, 0.6) is 17.2 Å². The van der Waals surface area contributed by atoms with E-state index in [-0.39, 0.29) is 23.3 Å². The summed E-state index contributed by atoms with van der Waals surface area (Å²) >= 11 is 0. The first-order valence-electron chi connectivity index (χ1n) is 12.4. The number of fused-ring (bicyclic) bond motifs is 4. The van der Waals surface area contributed by atoms with Gasteiger partial charge in [-0.05, 0) is 66.8 Å². The van der Waals surface area contributed by atoms with E-state index in [1.54, 1.807) is 38.3 Å². The zero-order chi connectivity index (χ0) is 26.9. The van der Waals surface area contributed by atoms with Crippen molar-refractivity contribution in [3.05, 3.63) is 76.9 Å². The Hall–Kier alpha value is -3.76. The number of hydrogen-bond acceptors (Lipinski definition) is 8. The molecule has 1 amide bonds. The van der Waals surface area contributed by atoms with Gasteiger partial charge < -0.3 is 18.4 Å². The van der Waals surface area contributed by atoms with Gasteiger partial charge in [0.15, 0.2) is 11.5 Å². The first-order valence-corrected chi connectivity index (χ1v) is 13.8. The minimum absolute atomic E-state index is 0.0590. The SMILES string of the molecule is CCOC(=O)Nc1cc2c(cc1OC)C1Cc3ccc(OC)c(OS(=O)(=O)c4ccccc4)c3CN1CC2. The molecule has 1 atom stereocenters. The summed E-state index contributed by atoms with van der Waals surface area (Å²) in [6, 6.07) is 15.8. The molecule has 0 radical (unpaired) electrons. The molecule has 5 rings (SSSR count). The summed E-state index contributed by atoms with van der Waals surface area (Å²) in [5.41, 5.74) is 4.60. The van der Waals surface area contributed by atoms with Gasteiger partial charge in [0.1, 0.15) is 10.6 Å². The number of carbonyl (C=O) groups is 1. The second-order valence-electron chi connectivity index (χ2n) is 9.12. The van der Waals surface area contributed by atoms with Crippen LogP contribution in [0.1, 0.15) is 35.2 Å². The zero-order valence-corrected chi connectivity index (χ0v) is 22.3. The lowest BCUT2D eigenvalue weighted by Crippen LogP contribution is -2.39. The molecule has 10 heteroatoms. The lowest BCUT2D eigenvalue weighted by molar-refractivity contribution is 0.159. The molecule has 0 saturated heterocycles. The van der Waals surface area contributed by atoms with Crippen molar-refractivity contribution in [3.8, 4) is 17.2 Å². The van der Waals surface area contributed by atoms with Crippen LogP contribution >= 0.6 is 0 Å². The topological polar surface area (TPSA) is 103 Å². The van der Waals surface area contributed by atoms with E-state index in [0.29, 0.717) is 30.2 Å². The van der Waals surface area contributed by atoms with E-state index in [9.17, 15) is 13.2 Å². The molecule has 2 aliphatic rings. The molecule has 0 aliphatic carbocycles. The van der Waals surface area contributed by atoms with Gasteiger partial charge in [-0.15, -0.1) is 0 Å². The average Bonchev–Trinajstić information content (AvgIpc) is 2.92. The Morgan fingerprint density at radius 2 is 1.79 bits per heavy atom. The number of ether oxygens (including phenoxy) is 3. The van der Waals surface area contributed by atoms with E-state index < -0.39 is 16.2 Å². The Balaban J connectivity index is 1.49. The Morgan fingerprint density at radius 3 is 2.50 bits per heavy atom. The molecule has 1 N–H and O–H groups in total. The summed E-state index contributed by atoms with van der Waals surface area (Å²) in [4.78, 5) is 14.4. The quantitative estimate of drug-likeness (QED) is 0.432. The number of hydrogen-bond donors (Lipinski definition) is 1. The fourth-order valence-electron chi connectivity index (χ4n) is 5.18. The van der Waals surface area contributed by atoms with Crippen LogP contribution < -0.4 is 19.0 Å². The van der Waals surface area contributed by atoms with Crippen LogP contribution in [-0.2, 0) is 34.2 Å². The molecule has 2 aliphatic heterocycles. The highest BCUT2D eigenvalue weighted by Gasteiger charge is 2.36. The van der Waals surface area contributed by atoms with Crippen molar-refractivity contribution in [3.63, 3.8) is 0 Å². The van der Waals surface area contributed by atoms with Gasteiger partial charge in [-0.2, -0.15) is 8.42 Å². The van der Waals surface area contributed by atoms with Crippen molar-refractivity contribution in [2.24, 2.45) is 0 Å². The third kappa shape index (κ3) is 4.89. The lowest BCUT2D eigenvalue weighted by Gasteiger charge is -2.42. The molecule has 3 aromatic rings. The Bertz CT molecular complexity index is 1460. The van der Waals surface area contributed by atoms with Crippen molar-refractivity contribution in [2.45, 2.75) is 37.2 Å². The van der Waals surface area contributed by atoms with Gasteiger partial charge in [0.25, 0.3) is 0 Å². The molecular formula is C28H30N2O7S. The van der Waals surface area contributed by atoms with Gasteiger partial charge in [0, 0.05) is 24.7 Å². The fourth-order valence-corrected chi connectivity index (χ4v) is 6.16. The van der Waals surface area contributed by atoms with Crippen LogP contribution in [0.15, 0.2) is 59.5 Å². The molecule has 3 aromatic carbocycles. The van der Waals surface area contributed by atoms with E-state index in [0.717, 1.165) is 35.2 Å². The second kappa shape index (κ2) is 10.5. The maximum atomic E-state index is 13.1. The minimum atomic E-state index is -4.05. The molecule has 0 aromatic heterocycles. The van der Waals surface area contributed by atoms with Crippen molar-refractivity contribution in [1.29, 1.82) is 0 Å². The summed E-state index contributed by atoms with van der Waals surface area (Å²) in [6.45, 7) is 3.28. The van der Waals surface area contributed by atoms with Crippen molar-refractivity contribution in [1.82, 2.24) is 4.90 Å². The molecule has 1 unspecified atom stereocenters. The maximum absolute atomic E-state index is 13.1. The summed E-state index contributed by atoms with van der Waals surface area (Å²) in [6.07, 6.45) is 0.884. The number of rotatable bonds is 7. The minimum Gasteiger partial charge on any atom is -0.495 e. The fraction of sp³-hybridized carbons (Fsp3) is 0.321. The highest BCUT2D eigenvalue weighted by Crippen LogP contribution is 2.46. The predicted octanol–water partition coefficient (Wildman–Crippen LogP) is 4.70. The summed E-state index contributed by atoms with van der Waals surface area (Å²) in [5.74, 6) is 1.15. The van der Waals surface area contributed by atoms with Gasteiger partial charge >= 0.3 is 16.2 Å². The largest absolute Gasteiger partial charge is 0.495 e. The van der Waals surface area contributed by atoms with Crippen molar-refractivity contribution >= 4 is 21.9 Å². The molecule has 0 saturated carbocycles. The van der Waals surface area contributed by atoms with Crippen LogP contribution in [-0.4, -0.2) is 46.8 Å². The number of amides is 1. The first-order chi connectivity index (χ1) is 18.3. The van der Waals surface area contributed by atoms with Crippen molar-refractivity contribution < 1.29 is 31.6 Å². The first kappa shape index (κ1) is 25.9. The second-order valence-corrected chi connectivity index (χ2v) is 10.7. The smallest absolute Gasteiger partial charge is 0.411 e. The molecule has 200 valence electrons. The molecule has 0 bridgehead atoms. The highest BCUT2D eigenvalue weighted by atomic mass is 32.2. The maximum Gasteiger partial charge on any atom is 0.411 e. The van der Waals surface area contributed by atoms with Crippen molar-refractivity contribution in [2.75, 3.05) is 32.7 Å². The third-order valence-electron chi connectivity index (χ3n) is 6.98. The van der Waals surface area contributed by atoms with E-state index in [1.165, 1.54) is 19.2 Å². The van der Waals surface area contributed by atoms with E-state index in [2.05, 4.69) is 10.2 Å². The highest BCUT2D eigenvalue weighted by molar-refractivity contribution is 7.87. The Labute approximate surface area is 222 Å². The Morgan fingerprint density at radius 1 is 1.03 bits per heavy atom. The summed E-state index contributed by atoms with van der Waals surface area (Å²) in [7, 11) is -0.977. The van der Waals surface area contributed by atoms with Crippen LogP contribution in [0, 0.1) is 0 Å². The van der Waals surface area contributed by atoms with E-state index >= 15 is 0 Å². The lowest BCUT2D eigenvalue weighted by atomic mass is 9.83. The molecule has 0 spiro atoms. The van der Waals surface area contributed by atoms with Crippen LogP contribution in [0.3, 0.4) is 0 Å². The molecule has 38 heavy (non-hydrogen) atoms. The van der Waals surface area contributed by atoms with Crippen LogP contribution in [0.25, 0.3) is 0 Å². The van der Waals surface area contributed by atoms with Crippen LogP contribution in [0.4, 0.5) is 10.5 Å². The van der Waals surface area contributed by atoms with Gasteiger partial charge in [-0.3, -0.25) is 10.2 Å². The number of nitrogens with zero attached hydrogens (tertiary/aromatic N) is 1. The predicted molar refractivity (Wildman–Crippen MR) is 141 cm³/mol. The zero-order valence-electron chi connectivity index (χ0n) is 21.5. The number of carbonyl (C=O) groups excluding carboxylic acids is 1. The van der Waals surface area contributed by atoms with Gasteiger partial charge in [-0.25, -0.2) is 4.79 Å². The number of nitrogens with one attached hydrogen (secondary N) is 1. The molecule has 9 nitrogen and oxygen atoms in total. The van der Waals surface area contributed by atoms with E-state index in [1.807, 2.05) is 18.2 Å². The third-order valence-corrected chi connectivity index (χ3v) is 8.22. The molecular weight excluding hydrogens is 508 g/mol. The normalized spacial score (nSPS) is 16.4. The summed E-state index contributed by atoms with van der Waals surface area (Å²) < 4.78 is 48.0. The van der Waals surface area contributed by atoms with E-state index in [4.69, 9.17) is 18.4 Å².